The number of carbonyl (C=O) groups excluding carboxylic acids is 3. The predicted octanol–water partition coefficient (Wildman–Crippen LogP) is 2.44. The van der Waals surface area contributed by atoms with Gasteiger partial charge in [0.2, 0.25) is 0 Å². The smallest absolute Gasteiger partial charge is 0.322 e. The minimum Gasteiger partial charge on any atom is -0.451 e. The first-order valence-corrected chi connectivity index (χ1v) is 8.09. The highest BCUT2D eigenvalue weighted by molar-refractivity contribution is 6.05. The molecule has 1 atom stereocenters. The van der Waals surface area contributed by atoms with E-state index in [9.17, 15) is 14.4 Å². The van der Waals surface area contributed by atoms with Crippen molar-refractivity contribution < 1.29 is 18.8 Å². The summed E-state index contributed by atoms with van der Waals surface area (Å²) in [4.78, 5) is 35.0. The highest BCUT2D eigenvalue weighted by Gasteiger charge is 2.29. The highest BCUT2D eigenvalue weighted by atomic mass is 16.3. The van der Waals surface area contributed by atoms with Gasteiger partial charge >= 0.3 is 6.03 Å². The van der Waals surface area contributed by atoms with E-state index in [0.717, 1.165) is 10.9 Å². The maximum absolute atomic E-state index is 12.3. The molecule has 4 rings (SSSR count). The van der Waals surface area contributed by atoms with Crippen molar-refractivity contribution in [2.75, 3.05) is 5.32 Å². The summed E-state index contributed by atoms with van der Waals surface area (Å²) in [6, 6.07) is 15.1. The largest absolute Gasteiger partial charge is 0.451 e. The second kappa shape index (κ2) is 6.36. The lowest BCUT2D eigenvalue weighted by Crippen LogP contribution is -2.31. The van der Waals surface area contributed by atoms with Gasteiger partial charge in [0, 0.05) is 17.5 Å². The number of amides is 4. The van der Waals surface area contributed by atoms with Crippen LogP contribution in [0.4, 0.5) is 10.5 Å². The van der Waals surface area contributed by atoms with E-state index in [1.54, 1.807) is 36.4 Å². The number of rotatable bonds is 4. The number of carbonyl (C=O) groups is 3. The van der Waals surface area contributed by atoms with Crippen LogP contribution in [0, 0.1) is 0 Å². The first-order valence-electron chi connectivity index (χ1n) is 8.09. The molecule has 0 spiro atoms. The second-order valence-corrected chi connectivity index (χ2v) is 6.02. The molecule has 1 fully saturated rings. The third-order valence-electron chi connectivity index (χ3n) is 4.16. The zero-order valence-corrected chi connectivity index (χ0v) is 13.6. The average molecular weight is 349 g/mol. The van der Waals surface area contributed by atoms with E-state index >= 15 is 0 Å². The van der Waals surface area contributed by atoms with Gasteiger partial charge in [-0.25, -0.2) is 4.79 Å². The van der Waals surface area contributed by atoms with Gasteiger partial charge in [-0.1, -0.05) is 30.3 Å². The molecule has 1 saturated heterocycles. The molecule has 0 unspecified atom stereocenters. The van der Waals surface area contributed by atoms with Gasteiger partial charge in [-0.2, -0.15) is 0 Å². The van der Waals surface area contributed by atoms with Crippen LogP contribution >= 0.6 is 0 Å². The van der Waals surface area contributed by atoms with Crippen LogP contribution in [0.2, 0.25) is 0 Å². The van der Waals surface area contributed by atoms with Crippen LogP contribution in [0.25, 0.3) is 11.0 Å². The number of hydrogen-bond acceptors (Lipinski definition) is 4. The molecule has 0 radical (unpaired) electrons. The minimum atomic E-state index is -0.571. The number of urea groups is 1. The Balaban J connectivity index is 1.43. The van der Waals surface area contributed by atoms with Crippen LogP contribution in [0.3, 0.4) is 0 Å². The molecule has 0 aliphatic carbocycles. The fourth-order valence-electron chi connectivity index (χ4n) is 2.85. The van der Waals surface area contributed by atoms with Crippen molar-refractivity contribution in [1.82, 2.24) is 10.6 Å². The quantitative estimate of drug-likeness (QED) is 0.630. The fourth-order valence-corrected chi connectivity index (χ4v) is 2.85. The number of fused-ring (bicyclic) bond motifs is 1. The third-order valence-corrected chi connectivity index (χ3v) is 4.16. The van der Waals surface area contributed by atoms with Crippen molar-refractivity contribution in [2.45, 2.75) is 12.5 Å². The van der Waals surface area contributed by atoms with Crippen molar-refractivity contribution >= 4 is 34.5 Å². The van der Waals surface area contributed by atoms with E-state index in [4.69, 9.17) is 4.42 Å². The zero-order valence-electron chi connectivity index (χ0n) is 13.6. The molecule has 0 saturated carbocycles. The van der Waals surface area contributed by atoms with E-state index in [-0.39, 0.29) is 17.6 Å². The topological polar surface area (TPSA) is 100 Å². The van der Waals surface area contributed by atoms with Crippen molar-refractivity contribution in [1.29, 1.82) is 0 Å². The van der Waals surface area contributed by atoms with E-state index in [1.165, 1.54) is 0 Å². The predicted molar refractivity (Wildman–Crippen MR) is 94.8 cm³/mol. The standard InChI is InChI=1S/C19H15N3O4/c23-17-14(21-19(25)22-17)9-11-5-7-13(8-6-11)20-18(24)16-10-12-3-1-2-4-15(12)26-16/h1-8,10,14H,9H2,(H,20,24)(H2,21,22,23,25)/t14-/m0/s1. The summed E-state index contributed by atoms with van der Waals surface area (Å²) in [6.45, 7) is 0. The van der Waals surface area contributed by atoms with E-state index in [2.05, 4.69) is 16.0 Å². The average Bonchev–Trinajstić information content (AvgIpc) is 3.19. The van der Waals surface area contributed by atoms with Gasteiger partial charge in [0.1, 0.15) is 11.6 Å². The van der Waals surface area contributed by atoms with Crippen LogP contribution in [-0.2, 0) is 11.2 Å². The lowest BCUT2D eigenvalue weighted by molar-refractivity contribution is -0.120. The number of anilines is 1. The third kappa shape index (κ3) is 3.14. The molecule has 1 aromatic heterocycles. The lowest BCUT2D eigenvalue weighted by atomic mass is 10.1. The molecule has 7 heteroatoms. The molecule has 2 heterocycles. The second-order valence-electron chi connectivity index (χ2n) is 6.02. The Morgan fingerprint density at radius 2 is 1.85 bits per heavy atom. The molecular weight excluding hydrogens is 334 g/mol. The Bertz CT molecular complexity index is 974. The monoisotopic (exact) mass is 349 g/mol. The normalized spacial score (nSPS) is 16.4. The molecule has 7 nitrogen and oxygen atoms in total. The van der Waals surface area contributed by atoms with Gasteiger partial charge in [0.15, 0.2) is 5.76 Å². The van der Waals surface area contributed by atoms with Crippen molar-refractivity contribution in [2.24, 2.45) is 0 Å². The van der Waals surface area contributed by atoms with E-state index in [0.29, 0.717) is 17.7 Å². The maximum atomic E-state index is 12.3. The summed E-state index contributed by atoms with van der Waals surface area (Å²) in [7, 11) is 0. The Kier molecular flexibility index (Phi) is 3.89. The minimum absolute atomic E-state index is 0.237. The van der Waals surface area contributed by atoms with Crippen molar-refractivity contribution in [3.05, 3.63) is 65.9 Å². The van der Waals surface area contributed by atoms with Gasteiger partial charge in [0.05, 0.1) is 0 Å². The van der Waals surface area contributed by atoms with Crippen LogP contribution in [0.15, 0.2) is 59.0 Å². The number of imide groups is 1. The summed E-state index contributed by atoms with van der Waals surface area (Å²) in [5.41, 5.74) is 2.14. The van der Waals surface area contributed by atoms with Crippen LogP contribution < -0.4 is 16.0 Å². The van der Waals surface area contributed by atoms with Crippen LogP contribution in [0.5, 0.6) is 0 Å². The number of furan rings is 1. The van der Waals surface area contributed by atoms with Gasteiger partial charge in [-0.3, -0.25) is 14.9 Å². The number of para-hydroxylation sites is 1. The van der Waals surface area contributed by atoms with Crippen LogP contribution in [-0.4, -0.2) is 23.9 Å². The molecular formula is C19H15N3O4. The number of hydrogen-bond donors (Lipinski definition) is 3. The molecule has 2 aromatic carbocycles. The summed E-state index contributed by atoms with van der Waals surface area (Å²) >= 11 is 0. The highest BCUT2D eigenvalue weighted by Crippen LogP contribution is 2.20. The molecule has 26 heavy (non-hydrogen) atoms. The molecule has 3 N–H and O–H groups in total. The SMILES string of the molecule is O=C1NC(=O)[C@H](Cc2ccc(NC(=O)c3cc4ccccc4o3)cc2)N1. The van der Waals surface area contributed by atoms with E-state index in [1.807, 2.05) is 18.2 Å². The number of benzene rings is 2. The molecule has 1 aliphatic heterocycles. The molecule has 130 valence electrons. The summed E-state index contributed by atoms with van der Waals surface area (Å²) in [5.74, 6) is -0.436. The van der Waals surface area contributed by atoms with Gasteiger partial charge < -0.3 is 15.1 Å². The number of nitrogens with one attached hydrogen (secondary N) is 3. The Morgan fingerprint density at radius 1 is 1.08 bits per heavy atom. The Morgan fingerprint density at radius 3 is 2.54 bits per heavy atom. The lowest BCUT2D eigenvalue weighted by Gasteiger charge is -2.08. The van der Waals surface area contributed by atoms with Crippen molar-refractivity contribution in [3.63, 3.8) is 0 Å². The summed E-state index contributed by atoms with van der Waals surface area (Å²) < 4.78 is 5.54. The molecule has 4 amide bonds. The van der Waals surface area contributed by atoms with Crippen LogP contribution in [0.1, 0.15) is 16.1 Å². The first kappa shape index (κ1) is 15.9. The molecule has 0 bridgehead atoms. The van der Waals surface area contributed by atoms with Gasteiger partial charge in [-0.05, 0) is 29.8 Å². The van der Waals surface area contributed by atoms with Crippen molar-refractivity contribution in [3.8, 4) is 0 Å². The zero-order chi connectivity index (χ0) is 18.1. The summed E-state index contributed by atoms with van der Waals surface area (Å²) in [5, 5.41) is 8.39. The first-order chi connectivity index (χ1) is 12.6. The van der Waals surface area contributed by atoms with E-state index < -0.39 is 12.1 Å². The Hall–Kier alpha value is -3.61. The maximum Gasteiger partial charge on any atom is 0.322 e. The van der Waals surface area contributed by atoms with Gasteiger partial charge in [-0.15, -0.1) is 0 Å². The summed E-state index contributed by atoms with van der Waals surface area (Å²) in [6.07, 6.45) is 0.384. The molecule has 1 aliphatic rings. The Labute approximate surface area is 148 Å². The van der Waals surface area contributed by atoms with Gasteiger partial charge in [0.25, 0.3) is 11.8 Å². The fraction of sp³-hybridized carbons (Fsp3) is 0.105. The molecule has 3 aromatic rings.